The summed E-state index contributed by atoms with van der Waals surface area (Å²) < 4.78 is 0. The molecule has 0 spiro atoms. The van der Waals surface area contributed by atoms with Crippen LogP contribution in [-0.4, -0.2) is 17.4 Å². The quantitative estimate of drug-likeness (QED) is 0.791. The highest BCUT2D eigenvalue weighted by Crippen LogP contribution is 1.99. The Balaban J connectivity index is 2.44. The SMILES string of the molecule is CCC(C)CNC(=O)c1cccnc1. The van der Waals surface area contributed by atoms with Crippen molar-refractivity contribution in [3.63, 3.8) is 0 Å². The van der Waals surface area contributed by atoms with E-state index >= 15 is 0 Å². The first-order valence-electron chi connectivity index (χ1n) is 4.92. The second-order valence-electron chi connectivity index (χ2n) is 3.47. The molecule has 0 aliphatic rings. The summed E-state index contributed by atoms with van der Waals surface area (Å²) in [6.45, 7) is 4.95. The third kappa shape index (κ3) is 3.17. The Hall–Kier alpha value is -1.38. The predicted octanol–water partition coefficient (Wildman–Crippen LogP) is 1.86. The largest absolute Gasteiger partial charge is 0.352 e. The second kappa shape index (κ2) is 5.37. The van der Waals surface area contributed by atoms with Gasteiger partial charge in [0, 0.05) is 18.9 Å². The molecule has 1 atom stereocenters. The molecule has 0 saturated carbocycles. The van der Waals surface area contributed by atoms with Crippen LogP contribution < -0.4 is 5.32 Å². The number of aromatic nitrogens is 1. The molecule has 14 heavy (non-hydrogen) atoms. The van der Waals surface area contributed by atoms with Gasteiger partial charge in [-0.05, 0) is 18.1 Å². The Morgan fingerprint density at radius 2 is 2.43 bits per heavy atom. The standard InChI is InChI=1S/C11H16N2O/c1-3-9(2)7-13-11(14)10-5-4-6-12-8-10/h4-6,8-9H,3,7H2,1-2H3,(H,13,14). The lowest BCUT2D eigenvalue weighted by Gasteiger charge is -2.09. The zero-order chi connectivity index (χ0) is 10.4. The maximum Gasteiger partial charge on any atom is 0.252 e. The number of pyridine rings is 1. The van der Waals surface area contributed by atoms with Crippen molar-refractivity contribution in [3.05, 3.63) is 30.1 Å². The van der Waals surface area contributed by atoms with Gasteiger partial charge in [-0.3, -0.25) is 9.78 Å². The van der Waals surface area contributed by atoms with Crippen molar-refractivity contribution < 1.29 is 4.79 Å². The third-order valence-corrected chi connectivity index (χ3v) is 2.23. The normalized spacial score (nSPS) is 12.1. The lowest BCUT2D eigenvalue weighted by molar-refractivity contribution is 0.0947. The van der Waals surface area contributed by atoms with Gasteiger partial charge >= 0.3 is 0 Å². The Morgan fingerprint density at radius 1 is 1.64 bits per heavy atom. The summed E-state index contributed by atoms with van der Waals surface area (Å²) in [6.07, 6.45) is 4.31. The van der Waals surface area contributed by atoms with Gasteiger partial charge in [0.05, 0.1) is 5.56 Å². The number of nitrogens with zero attached hydrogens (tertiary/aromatic N) is 1. The highest BCUT2D eigenvalue weighted by atomic mass is 16.1. The first-order chi connectivity index (χ1) is 6.74. The molecule has 3 nitrogen and oxygen atoms in total. The minimum atomic E-state index is -0.0431. The third-order valence-electron chi connectivity index (χ3n) is 2.23. The highest BCUT2D eigenvalue weighted by Gasteiger charge is 2.05. The molecule has 1 amide bonds. The van der Waals surface area contributed by atoms with Gasteiger partial charge in [0.2, 0.25) is 0 Å². The molecule has 76 valence electrons. The Bertz CT molecular complexity index is 285. The monoisotopic (exact) mass is 192 g/mol. The van der Waals surface area contributed by atoms with Crippen molar-refractivity contribution in [1.29, 1.82) is 0 Å². The maximum absolute atomic E-state index is 11.5. The molecule has 0 aliphatic carbocycles. The van der Waals surface area contributed by atoms with Gasteiger partial charge in [0.15, 0.2) is 0 Å². The van der Waals surface area contributed by atoms with Gasteiger partial charge in [-0.25, -0.2) is 0 Å². The molecule has 0 aromatic carbocycles. The minimum Gasteiger partial charge on any atom is -0.352 e. The number of rotatable bonds is 4. The van der Waals surface area contributed by atoms with Gasteiger partial charge in [-0.15, -0.1) is 0 Å². The molecule has 1 N–H and O–H groups in total. The van der Waals surface area contributed by atoms with Crippen LogP contribution in [0, 0.1) is 5.92 Å². The number of nitrogens with one attached hydrogen (secondary N) is 1. The van der Waals surface area contributed by atoms with Crippen LogP contribution in [-0.2, 0) is 0 Å². The van der Waals surface area contributed by atoms with Crippen LogP contribution in [0.1, 0.15) is 30.6 Å². The molecule has 1 heterocycles. The number of hydrogen-bond donors (Lipinski definition) is 1. The van der Waals surface area contributed by atoms with Crippen LogP contribution >= 0.6 is 0 Å². The van der Waals surface area contributed by atoms with E-state index in [0.29, 0.717) is 11.5 Å². The van der Waals surface area contributed by atoms with Crippen LogP contribution in [0.5, 0.6) is 0 Å². The molecule has 1 aromatic rings. The van der Waals surface area contributed by atoms with E-state index in [9.17, 15) is 4.79 Å². The highest BCUT2D eigenvalue weighted by molar-refractivity contribution is 5.93. The summed E-state index contributed by atoms with van der Waals surface area (Å²) >= 11 is 0. The zero-order valence-corrected chi connectivity index (χ0v) is 8.66. The smallest absolute Gasteiger partial charge is 0.252 e. The van der Waals surface area contributed by atoms with Crippen LogP contribution in [0.25, 0.3) is 0 Å². The molecule has 3 heteroatoms. The molecule has 0 saturated heterocycles. The lowest BCUT2D eigenvalue weighted by Crippen LogP contribution is -2.28. The molecular weight excluding hydrogens is 176 g/mol. The number of carbonyl (C=O) groups excluding carboxylic acids is 1. The molecular formula is C11H16N2O. The molecule has 1 rings (SSSR count). The van der Waals surface area contributed by atoms with E-state index < -0.39 is 0 Å². The van der Waals surface area contributed by atoms with Crippen LogP contribution in [0.15, 0.2) is 24.5 Å². The summed E-state index contributed by atoms with van der Waals surface area (Å²) in [4.78, 5) is 15.4. The van der Waals surface area contributed by atoms with Gasteiger partial charge < -0.3 is 5.32 Å². The Labute approximate surface area is 84.6 Å². The summed E-state index contributed by atoms with van der Waals surface area (Å²) in [5.74, 6) is 0.481. The summed E-state index contributed by atoms with van der Waals surface area (Å²) in [6, 6.07) is 3.52. The van der Waals surface area contributed by atoms with E-state index in [0.717, 1.165) is 13.0 Å². The number of amides is 1. The van der Waals surface area contributed by atoms with Crippen molar-refractivity contribution in [2.75, 3.05) is 6.54 Å². The average Bonchev–Trinajstić information content (AvgIpc) is 2.26. The Kier molecular flexibility index (Phi) is 4.11. The number of carbonyl (C=O) groups is 1. The van der Waals surface area contributed by atoms with Crippen LogP contribution in [0.4, 0.5) is 0 Å². The van der Waals surface area contributed by atoms with E-state index in [1.54, 1.807) is 24.5 Å². The van der Waals surface area contributed by atoms with Gasteiger partial charge in [0.25, 0.3) is 5.91 Å². The summed E-state index contributed by atoms with van der Waals surface area (Å²) in [5, 5.41) is 2.87. The summed E-state index contributed by atoms with van der Waals surface area (Å²) in [5.41, 5.74) is 0.621. The molecule has 0 radical (unpaired) electrons. The van der Waals surface area contributed by atoms with E-state index in [2.05, 4.69) is 24.1 Å². The second-order valence-corrected chi connectivity index (χ2v) is 3.47. The van der Waals surface area contributed by atoms with E-state index in [1.807, 2.05) is 0 Å². The fourth-order valence-electron chi connectivity index (χ4n) is 1.01. The molecule has 0 aliphatic heterocycles. The van der Waals surface area contributed by atoms with Crippen molar-refractivity contribution >= 4 is 5.91 Å². The van der Waals surface area contributed by atoms with Crippen molar-refractivity contribution in [2.45, 2.75) is 20.3 Å². The van der Waals surface area contributed by atoms with E-state index in [1.165, 1.54) is 0 Å². The van der Waals surface area contributed by atoms with E-state index in [-0.39, 0.29) is 5.91 Å². The molecule has 1 aromatic heterocycles. The maximum atomic E-state index is 11.5. The first kappa shape index (κ1) is 10.7. The minimum absolute atomic E-state index is 0.0431. The fraction of sp³-hybridized carbons (Fsp3) is 0.455. The predicted molar refractivity (Wildman–Crippen MR) is 56.0 cm³/mol. The van der Waals surface area contributed by atoms with Crippen molar-refractivity contribution in [1.82, 2.24) is 10.3 Å². The summed E-state index contributed by atoms with van der Waals surface area (Å²) in [7, 11) is 0. The van der Waals surface area contributed by atoms with Crippen LogP contribution in [0.2, 0.25) is 0 Å². The Morgan fingerprint density at radius 3 is 3.00 bits per heavy atom. The fourth-order valence-corrected chi connectivity index (χ4v) is 1.01. The average molecular weight is 192 g/mol. The molecule has 1 unspecified atom stereocenters. The molecule has 0 bridgehead atoms. The van der Waals surface area contributed by atoms with Gasteiger partial charge in [-0.2, -0.15) is 0 Å². The molecule has 0 fully saturated rings. The number of hydrogen-bond acceptors (Lipinski definition) is 2. The first-order valence-corrected chi connectivity index (χ1v) is 4.92. The van der Waals surface area contributed by atoms with Crippen molar-refractivity contribution in [3.8, 4) is 0 Å². The van der Waals surface area contributed by atoms with Gasteiger partial charge in [-0.1, -0.05) is 20.3 Å². The topological polar surface area (TPSA) is 42.0 Å². The van der Waals surface area contributed by atoms with E-state index in [4.69, 9.17) is 0 Å². The van der Waals surface area contributed by atoms with Gasteiger partial charge in [0.1, 0.15) is 0 Å². The lowest BCUT2D eigenvalue weighted by atomic mass is 10.1. The zero-order valence-electron chi connectivity index (χ0n) is 8.66. The van der Waals surface area contributed by atoms with Crippen molar-refractivity contribution in [2.24, 2.45) is 5.92 Å². The van der Waals surface area contributed by atoms with Crippen LogP contribution in [0.3, 0.4) is 0 Å².